The normalized spacial score (nSPS) is 10.1. The van der Waals surface area contributed by atoms with Crippen molar-refractivity contribution in [2.24, 2.45) is 0 Å². The number of aromatic amines is 1. The number of H-pyrrole nitrogens is 1. The van der Waals surface area contributed by atoms with Crippen LogP contribution in [0, 0.1) is 6.92 Å². The van der Waals surface area contributed by atoms with E-state index in [1.54, 1.807) is 6.92 Å². The first kappa shape index (κ1) is 13.7. The van der Waals surface area contributed by atoms with Gasteiger partial charge in [-0.25, -0.2) is 9.59 Å². The van der Waals surface area contributed by atoms with Gasteiger partial charge in [-0.15, -0.1) is 0 Å². The van der Waals surface area contributed by atoms with E-state index in [9.17, 15) is 9.59 Å². The van der Waals surface area contributed by atoms with Gasteiger partial charge in [0, 0.05) is 5.69 Å². The van der Waals surface area contributed by atoms with Gasteiger partial charge in [0.25, 0.3) is 0 Å². The zero-order valence-corrected chi connectivity index (χ0v) is 10.8. The summed E-state index contributed by atoms with van der Waals surface area (Å²) in [6.07, 6.45) is -0.710. The molecule has 1 aromatic carbocycles. The number of benzene rings is 1. The number of aromatic carboxylic acids is 1. The van der Waals surface area contributed by atoms with Gasteiger partial charge in [-0.05, 0) is 18.6 Å². The summed E-state index contributed by atoms with van der Waals surface area (Å²) in [5, 5.41) is 11.4. The van der Waals surface area contributed by atoms with Crippen LogP contribution in [0.5, 0.6) is 0 Å². The molecule has 0 radical (unpaired) electrons. The summed E-state index contributed by atoms with van der Waals surface area (Å²) in [6.45, 7) is 1.82. The minimum Gasteiger partial charge on any atom is -0.478 e. The zero-order chi connectivity index (χ0) is 14.5. The number of carboxylic acids is 1. The molecule has 0 atom stereocenters. The fourth-order valence-corrected chi connectivity index (χ4v) is 1.72. The number of anilines is 1. The second-order valence-electron chi connectivity index (χ2n) is 4.23. The fraction of sp³-hybridized carbons (Fsp3) is 0.143. The molecule has 20 heavy (non-hydrogen) atoms. The molecule has 0 aliphatic rings. The number of carboxylic acid groups (broad SMARTS) is 1. The summed E-state index contributed by atoms with van der Waals surface area (Å²) in [6, 6.07) is 10.6. The molecule has 104 valence electrons. The second-order valence-corrected chi connectivity index (χ2v) is 4.23. The topological polar surface area (TPSA) is 91.4 Å². The zero-order valence-electron chi connectivity index (χ0n) is 10.8. The monoisotopic (exact) mass is 274 g/mol. The SMILES string of the molecule is Cc1cc(C(=O)O)c(NC(=O)OCc2ccccc2)[nH]1. The molecule has 0 bridgehead atoms. The van der Waals surface area contributed by atoms with Crippen molar-refractivity contribution in [2.75, 3.05) is 5.32 Å². The van der Waals surface area contributed by atoms with Crippen molar-refractivity contribution in [3.05, 3.63) is 53.2 Å². The molecule has 2 aromatic rings. The first-order chi connectivity index (χ1) is 9.56. The minimum atomic E-state index is -1.12. The number of rotatable bonds is 4. The Kier molecular flexibility index (Phi) is 4.05. The first-order valence-corrected chi connectivity index (χ1v) is 5.97. The van der Waals surface area contributed by atoms with Crippen LogP contribution in [0.1, 0.15) is 21.6 Å². The van der Waals surface area contributed by atoms with Gasteiger partial charge >= 0.3 is 12.1 Å². The van der Waals surface area contributed by atoms with E-state index in [2.05, 4.69) is 10.3 Å². The molecule has 0 aliphatic carbocycles. The van der Waals surface area contributed by atoms with Gasteiger partial charge < -0.3 is 14.8 Å². The molecule has 3 N–H and O–H groups in total. The van der Waals surface area contributed by atoms with Crippen molar-refractivity contribution in [2.45, 2.75) is 13.5 Å². The third-order valence-corrected chi connectivity index (χ3v) is 2.62. The van der Waals surface area contributed by atoms with E-state index >= 15 is 0 Å². The number of hydrogen-bond acceptors (Lipinski definition) is 3. The maximum atomic E-state index is 11.6. The van der Waals surface area contributed by atoms with Crippen molar-refractivity contribution in [3.8, 4) is 0 Å². The van der Waals surface area contributed by atoms with Crippen molar-refractivity contribution in [3.63, 3.8) is 0 Å². The summed E-state index contributed by atoms with van der Waals surface area (Å²) in [4.78, 5) is 25.4. The Morgan fingerprint density at radius 2 is 2.00 bits per heavy atom. The van der Waals surface area contributed by atoms with E-state index in [0.717, 1.165) is 5.56 Å². The predicted molar refractivity (Wildman–Crippen MR) is 72.7 cm³/mol. The van der Waals surface area contributed by atoms with Crippen LogP contribution in [0.3, 0.4) is 0 Å². The maximum absolute atomic E-state index is 11.6. The molecule has 0 saturated carbocycles. The Labute approximate surface area is 115 Å². The van der Waals surface area contributed by atoms with Crippen LogP contribution < -0.4 is 5.32 Å². The highest BCUT2D eigenvalue weighted by Gasteiger charge is 2.15. The average Bonchev–Trinajstić information content (AvgIpc) is 2.79. The molecule has 0 aliphatic heterocycles. The van der Waals surface area contributed by atoms with Crippen LogP contribution in [0.15, 0.2) is 36.4 Å². The van der Waals surface area contributed by atoms with Gasteiger partial charge in [-0.3, -0.25) is 5.32 Å². The summed E-state index contributed by atoms with van der Waals surface area (Å²) in [7, 11) is 0. The Morgan fingerprint density at radius 1 is 1.30 bits per heavy atom. The van der Waals surface area contributed by atoms with Crippen LogP contribution in [-0.2, 0) is 11.3 Å². The number of aryl methyl sites for hydroxylation is 1. The standard InChI is InChI=1S/C14H14N2O4/c1-9-7-11(13(17)18)12(15-9)16-14(19)20-8-10-5-3-2-4-6-10/h2-7,15H,8H2,1H3,(H,16,19)(H,17,18). The number of aromatic nitrogens is 1. The van der Waals surface area contributed by atoms with E-state index in [-0.39, 0.29) is 18.0 Å². The molecule has 2 rings (SSSR count). The van der Waals surface area contributed by atoms with Crippen LogP contribution >= 0.6 is 0 Å². The van der Waals surface area contributed by atoms with Crippen LogP contribution in [0.4, 0.5) is 10.6 Å². The van der Waals surface area contributed by atoms with Crippen molar-refractivity contribution in [1.29, 1.82) is 0 Å². The maximum Gasteiger partial charge on any atom is 0.413 e. The van der Waals surface area contributed by atoms with E-state index in [0.29, 0.717) is 5.69 Å². The second kappa shape index (κ2) is 5.92. The number of carbonyl (C=O) groups is 2. The number of hydrogen-bond donors (Lipinski definition) is 3. The number of ether oxygens (including phenoxy) is 1. The quantitative estimate of drug-likeness (QED) is 0.799. The van der Waals surface area contributed by atoms with Crippen LogP contribution in [-0.4, -0.2) is 22.2 Å². The average molecular weight is 274 g/mol. The van der Waals surface area contributed by atoms with Gasteiger partial charge in [-0.1, -0.05) is 30.3 Å². The Bertz CT molecular complexity index is 619. The van der Waals surface area contributed by atoms with Gasteiger partial charge in [0.15, 0.2) is 0 Å². The minimum absolute atomic E-state index is 0.000777. The molecule has 1 aromatic heterocycles. The van der Waals surface area contributed by atoms with Crippen LogP contribution in [0.2, 0.25) is 0 Å². The van der Waals surface area contributed by atoms with Gasteiger partial charge in [0.1, 0.15) is 18.0 Å². The highest BCUT2D eigenvalue weighted by Crippen LogP contribution is 2.16. The summed E-state index contributed by atoms with van der Waals surface area (Å²) >= 11 is 0. The lowest BCUT2D eigenvalue weighted by atomic mass is 10.2. The highest BCUT2D eigenvalue weighted by atomic mass is 16.5. The van der Waals surface area contributed by atoms with Crippen molar-refractivity contribution in [1.82, 2.24) is 4.98 Å². The van der Waals surface area contributed by atoms with Gasteiger partial charge in [0.05, 0.1) is 0 Å². The van der Waals surface area contributed by atoms with E-state index in [1.807, 2.05) is 30.3 Å². The molecule has 0 fully saturated rings. The van der Waals surface area contributed by atoms with Gasteiger partial charge in [-0.2, -0.15) is 0 Å². The summed E-state index contributed by atoms with van der Waals surface area (Å²) in [5.74, 6) is -0.999. The lowest BCUT2D eigenvalue weighted by molar-refractivity contribution is 0.0698. The van der Waals surface area contributed by atoms with Gasteiger partial charge in [0.2, 0.25) is 0 Å². The lowest BCUT2D eigenvalue weighted by Crippen LogP contribution is -2.15. The molecular formula is C14H14N2O4. The Hall–Kier alpha value is -2.76. The third-order valence-electron chi connectivity index (χ3n) is 2.62. The predicted octanol–water partition coefficient (Wildman–Crippen LogP) is 2.77. The smallest absolute Gasteiger partial charge is 0.413 e. The molecule has 1 heterocycles. The Morgan fingerprint density at radius 3 is 2.65 bits per heavy atom. The summed E-state index contributed by atoms with van der Waals surface area (Å²) < 4.78 is 5.01. The largest absolute Gasteiger partial charge is 0.478 e. The number of amides is 1. The third kappa shape index (κ3) is 3.38. The van der Waals surface area contributed by atoms with Crippen LogP contribution in [0.25, 0.3) is 0 Å². The lowest BCUT2D eigenvalue weighted by Gasteiger charge is -2.06. The summed E-state index contributed by atoms with van der Waals surface area (Å²) in [5.41, 5.74) is 1.49. The van der Waals surface area contributed by atoms with Crippen molar-refractivity contribution >= 4 is 17.9 Å². The van der Waals surface area contributed by atoms with E-state index in [1.165, 1.54) is 6.07 Å². The highest BCUT2D eigenvalue weighted by molar-refractivity contribution is 5.97. The molecule has 0 saturated heterocycles. The number of carbonyl (C=O) groups excluding carboxylic acids is 1. The molecule has 0 spiro atoms. The van der Waals surface area contributed by atoms with E-state index < -0.39 is 12.1 Å². The first-order valence-electron chi connectivity index (χ1n) is 5.97. The van der Waals surface area contributed by atoms with E-state index in [4.69, 9.17) is 9.84 Å². The molecule has 6 nitrogen and oxygen atoms in total. The molecule has 6 heteroatoms. The molecular weight excluding hydrogens is 260 g/mol. The fourth-order valence-electron chi connectivity index (χ4n) is 1.72. The van der Waals surface area contributed by atoms with Crippen molar-refractivity contribution < 1.29 is 19.4 Å². The molecule has 1 amide bonds. The molecule has 0 unspecified atom stereocenters. The Balaban J connectivity index is 1.96. The number of nitrogens with one attached hydrogen (secondary N) is 2.